The Hall–Kier alpha value is -3.36. The number of amides is 2. The van der Waals surface area contributed by atoms with Crippen LogP contribution in [-0.4, -0.2) is 44.8 Å². The van der Waals surface area contributed by atoms with E-state index >= 15 is 0 Å². The van der Waals surface area contributed by atoms with Gasteiger partial charge in [0.1, 0.15) is 12.6 Å². The number of carbonyl (C=O) groups excluding carboxylic acids is 2. The summed E-state index contributed by atoms with van der Waals surface area (Å²) in [6.45, 7) is 3.30. The number of aryl methyl sites for hydroxylation is 1. The van der Waals surface area contributed by atoms with E-state index < -0.39 is 28.5 Å². The first kappa shape index (κ1) is 28.2. The number of rotatable bonds is 11. The van der Waals surface area contributed by atoms with Crippen LogP contribution >= 0.6 is 11.6 Å². The predicted molar refractivity (Wildman–Crippen MR) is 147 cm³/mol. The molecule has 9 heteroatoms. The van der Waals surface area contributed by atoms with Crippen molar-refractivity contribution in [2.45, 2.75) is 44.2 Å². The first-order valence-electron chi connectivity index (χ1n) is 12.1. The minimum Gasteiger partial charge on any atom is -0.357 e. The van der Waals surface area contributed by atoms with Crippen molar-refractivity contribution in [1.29, 1.82) is 0 Å². The molecule has 0 aliphatic heterocycles. The number of carbonyl (C=O) groups is 2. The minimum absolute atomic E-state index is 0.0546. The average Bonchev–Trinajstić information content (AvgIpc) is 2.92. The second-order valence-corrected chi connectivity index (χ2v) is 10.7. The van der Waals surface area contributed by atoms with Gasteiger partial charge in [0.25, 0.3) is 10.0 Å². The molecule has 0 saturated carbocycles. The third kappa shape index (κ3) is 6.50. The zero-order valence-corrected chi connectivity index (χ0v) is 22.8. The zero-order chi connectivity index (χ0) is 27.0. The molecule has 7 nitrogen and oxygen atoms in total. The maximum atomic E-state index is 13.9. The molecule has 0 unspecified atom stereocenters. The van der Waals surface area contributed by atoms with Crippen molar-refractivity contribution in [2.75, 3.05) is 17.9 Å². The number of sulfonamides is 1. The van der Waals surface area contributed by atoms with Gasteiger partial charge in [-0.1, -0.05) is 80.0 Å². The van der Waals surface area contributed by atoms with E-state index in [4.69, 9.17) is 11.6 Å². The maximum absolute atomic E-state index is 13.9. The van der Waals surface area contributed by atoms with Crippen molar-refractivity contribution in [3.8, 4) is 0 Å². The second kappa shape index (κ2) is 12.7. The molecule has 0 radical (unpaired) electrons. The van der Waals surface area contributed by atoms with E-state index in [1.54, 1.807) is 61.5 Å². The van der Waals surface area contributed by atoms with Crippen molar-refractivity contribution >= 4 is 39.1 Å². The SMILES string of the molecule is CCc1ccccc1N(CC(=O)N(Cc1ccccc1Cl)[C@H](CC)C(=O)NC)S(=O)(=O)c1ccccc1. The number of nitrogens with one attached hydrogen (secondary N) is 1. The summed E-state index contributed by atoms with van der Waals surface area (Å²) in [5.74, 6) is -0.852. The Morgan fingerprint density at radius 3 is 2.08 bits per heavy atom. The molecule has 0 aliphatic carbocycles. The van der Waals surface area contributed by atoms with Gasteiger partial charge >= 0.3 is 0 Å². The molecule has 1 N–H and O–H groups in total. The van der Waals surface area contributed by atoms with Crippen molar-refractivity contribution in [3.63, 3.8) is 0 Å². The summed E-state index contributed by atoms with van der Waals surface area (Å²) in [6, 6.07) is 21.4. The number of likely N-dealkylation sites (N-methyl/N-ethyl adjacent to an activating group) is 1. The molecule has 0 aliphatic rings. The Kier molecular flexibility index (Phi) is 9.72. The fraction of sp³-hybridized carbons (Fsp3) is 0.286. The highest BCUT2D eigenvalue weighted by atomic mass is 35.5. The Morgan fingerprint density at radius 1 is 0.892 bits per heavy atom. The van der Waals surface area contributed by atoms with Crippen LogP contribution in [0.5, 0.6) is 0 Å². The summed E-state index contributed by atoms with van der Waals surface area (Å²) in [5.41, 5.74) is 1.87. The van der Waals surface area contributed by atoms with Gasteiger partial charge in [-0.15, -0.1) is 0 Å². The zero-order valence-electron chi connectivity index (χ0n) is 21.2. The lowest BCUT2D eigenvalue weighted by atomic mass is 10.1. The van der Waals surface area contributed by atoms with Gasteiger partial charge in [-0.25, -0.2) is 8.42 Å². The summed E-state index contributed by atoms with van der Waals surface area (Å²) < 4.78 is 28.8. The smallest absolute Gasteiger partial charge is 0.264 e. The molecule has 37 heavy (non-hydrogen) atoms. The van der Waals surface area contributed by atoms with Gasteiger partial charge in [-0.2, -0.15) is 0 Å². The molecule has 3 aromatic rings. The van der Waals surface area contributed by atoms with Gasteiger partial charge in [-0.05, 0) is 48.2 Å². The number of hydrogen-bond acceptors (Lipinski definition) is 4. The molecule has 0 aromatic heterocycles. The molecule has 0 fully saturated rings. The van der Waals surface area contributed by atoms with Crippen molar-refractivity contribution in [1.82, 2.24) is 10.2 Å². The summed E-state index contributed by atoms with van der Waals surface area (Å²) in [5, 5.41) is 3.07. The second-order valence-electron chi connectivity index (χ2n) is 8.46. The van der Waals surface area contributed by atoms with Gasteiger partial charge in [-0.3, -0.25) is 13.9 Å². The van der Waals surface area contributed by atoms with Crippen molar-refractivity contribution in [2.24, 2.45) is 0 Å². The molecule has 1 atom stereocenters. The average molecular weight is 542 g/mol. The summed E-state index contributed by atoms with van der Waals surface area (Å²) in [4.78, 5) is 28.2. The van der Waals surface area contributed by atoms with Gasteiger partial charge in [0.05, 0.1) is 10.6 Å². The van der Waals surface area contributed by atoms with Gasteiger partial charge in [0.2, 0.25) is 11.8 Å². The van der Waals surface area contributed by atoms with Crippen molar-refractivity contribution < 1.29 is 18.0 Å². The van der Waals surface area contributed by atoms with E-state index in [1.807, 2.05) is 19.1 Å². The summed E-state index contributed by atoms with van der Waals surface area (Å²) >= 11 is 6.38. The van der Waals surface area contributed by atoms with Crippen LogP contribution in [0.1, 0.15) is 31.4 Å². The third-order valence-electron chi connectivity index (χ3n) is 6.18. The maximum Gasteiger partial charge on any atom is 0.264 e. The highest BCUT2D eigenvalue weighted by Crippen LogP contribution is 2.28. The lowest BCUT2D eigenvalue weighted by Crippen LogP contribution is -2.51. The monoisotopic (exact) mass is 541 g/mol. The standard InChI is InChI=1S/C28H32ClN3O4S/c1-4-21-13-10-12-18-26(21)32(37(35,36)23-15-7-6-8-16-23)20-27(33)31(25(5-2)28(34)30-3)19-22-14-9-11-17-24(22)29/h6-18,25H,4-5,19-20H2,1-3H3,(H,30,34)/t25-/m1/s1. The van der Waals surface area contributed by atoms with Crippen LogP contribution in [0, 0.1) is 0 Å². The molecule has 0 bridgehead atoms. The fourth-order valence-electron chi connectivity index (χ4n) is 4.18. The lowest BCUT2D eigenvalue weighted by molar-refractivity contribution is -0.140. The van der Waals surface area contributed by atoms with Crippen LogP contribution < -0.4 is 9.62 Å². The molecule has 2 amide bonds. The van der Waals surface area contributed by atoms with E-state index in [-0.39, 0.29) is 17.3 Å². The predicted octanol–water partition coefficient (Wildman–Crippen LogP) is 4.65. The van der Waals surface area contributed by atoms with E-state index in [0.29, 0.717) is 29.1 Å². The molecule has 0 saturated heterocycles. The number of para-hydroxylation sites is 1. The van der Waals surface area contributed by atoms with Crippen LogP contribution in [0.3, 0.4) is 0 Å². The molecular weight excluding hydrogens is 510 g/mol. The quantitative estimate of drug-likeness (QED) is 0.383. The van der Waals surface area contributed by atoms with Crippen LogP contribution in [0.2, 0.25) is 5.02 Å². The third-order valence-corrected chi connectivity index (χ3v) is 8.32. The highest BCUT2D eigenvalue weighted by molar-refractivity contribution is 7.92. The first-order valence-corrected chi connectivity index (χ1v) is 14.0. The summed E-state index contributed by atoms with van der Waals surface area (Å²) in [6.07, 6.45) is 0.914. The normalized spacial score (nSPS) is 12.0. The Morgan fingerprint density at radius 2 is 1.49 bits per heavy atom. The van der Waals surface area contributed by atoms with Gasteiger partial charge < -0.3 is 10.2 Å². The Balaban J connectivity index is 2.10. The largest absolute Gasteiger partial charge is 0.357 e. The van der Waals surface area contributed by atoms with Crippen LogP contribution in [-0.2, 0) is 32.6 Å². The molecule has 0 heterocycles. The van der Waals surface area contributed by atoms with Crippen LogP contribution in [0.25, 0.3) is 0 Å². The van der Waals surface area contributed by atoms with Gasteiger partial charge in [0.15, 0.2) is 0 Å². The summed E-state index contributed by atoms with van der Waals surface area (Å²) in [7, 11) is -2.59. The van der Waals surface area contributed by atoms with E-state index in [1.165, 1.54) is 24.1 Å². The van der Waals surface area contributed by atoms with E-state index in [2.05, 4.69) is 5.32 Å². The molecule has 3 aromatic carbocycles. The molecule has 3 rings (SSSR count). The highest BCUT2D eigenvalue weighted by Gasteiger charge is 2.34. The number of hydrogen-bond donors (Lipinski definition) is 1. The Bertz CT molecular complexity index is 1330. The fourth-order valence-corrected chi connectivity index (χ4v) is 5.85. The number of benzene rings is 3. The lowest BCUT2D eigenvalue weighted by Gasteiger charge is -2.33. The topological polar surface area (TPSA) is 86.8 Å². The Labute approximate surface area is 224 Å². The van der Waals surface area contributed by atoms with Crippen LogP contribution in [0.4, 0.5) is 5.69 Å². The van der Waals surface area contributed by atoms with Crippen molar-refractivity contribution in [3.05, 3.63) is 95.0 Å². The number of halogens is 1. The first-order chi connectivity index (χ1) is 17.7. The molecular formula is C28H32ClN3O4S. The van der Waals surface area contributed by atoms with E-state index in [9.17, 15) is 18.0 Å². The van der Waals surface area contributed by atoms with Crippen LogP contribution in [0.15, 0.2) is 83.8 Å². The minimum atomic E-state index is -4.10. The number of anilines is 1. The number of nitrogens with zero attached hydrogens (tertiary/aromatic N) is 2. The molecule has 196 valence electrons. The molecule has 0 spiro atoms. The van der Waals surface area contributed by atoms with Gasteiger partial charge in [0, 0.05) is 18.6 Å². The van der Waals surface area contributed by atoms with E-state index in [0.717, 1.165) is 9.87 Å².